The number of nitriles is 1. The SMILES string of the molecule is N#Cc1ccc(CC(=O)c2ccc(F)cc2)nc1. The Bertz CT molecular complexity index is 597. The fourth-order valence-electron chi connectivity index (χ4n) is 1.50. The van der Waals surface area contributed by atoms with Crippen molar-refractivity contribution in [2.45, 2.75) is 6.42 Å². The van der Waals surface area contributed by atoms with Crippen LogP contribution >= 0.6 is 0 Å². The maximum Gasteiger partial charge on any atom is 0.168 e. The summed E-state index contributed by atoms with van der Waals surface area (Å²) < 4.78 is 12.7. The van der Waals surface area contributed by atoms with E-state index in [9.17, 15) is 9.18 Å². The van der Waals surface area contributed by atoms with Crippen molar-refractivity contribution >= 4 is 5.78 Å². The first-order valence-electron chi connectivity index (χ1n) is 5.33. The zero-order chi connectivity index (χ0) is 13.0. The Morgan fingerprint density at radius 2 is 1.94 bits per heavy atom. The van der Waals surface area contributed by atoms with Gasteiger partial charge in [-0.3, -0.25) is 9.78 Å². The van der Waals surface area contributed by atoms with Crippen LogP contribution in [0.25, 0.3) is 0 Å². The number of carbonyl (C=O) groups excluding carboxylic acids is 1. The summed E-state index contributed by atoms with van der Waals surface area (Å²) in [6, 6.07) is 10.6. The molecule has 0 saturated heterocycles. The van der Waals surface area contributed by atoms with E-state index in [1.54, 1.807) is 12.1 Å². The number of hydrogen-bond donors (Lipinski definition) is 0. The molecule has 18 heavy (non-hydrogen) atoms. The minimum atomic E-state index is -0.372. The van der Waals surface area contributed by atoms with Gasteiger partial charge in [-0.1, -0.05) is 0 Å². The van der Waals surface area contributed by atoms with E-state index in [-0.39, 0.29) is 18.0 Å². The number of halogens is 1. The molecule has 4 heteroatoms. The molecule has 0 aliphatic carbocycles. The van der Waals surface area contributed by atoms with E-state index in [1.807, 2.05) is 6.07 Å². The highest BCUT2D eigenvalue weighted by Crippen LogP contribution is 2.08. The smallest absolute Gasteiger partial charge is 0.168 e. The Kier molecular flexibility index (Phi) is 3.44. The van der Waals surface area contributed by atoms with Gasteiger partial charge in [0, 0.05) is 17.5 Å². The molecule has 0 spiro atoms. The molecule has 2 aromatic rings. The molecule has 1 aromatic heterocycles. The highest BCUT2D eigenvalue weighted by atomic mass is 19.1. The normalized spacial score (nSPS) is 9.78. The van der Waals surface area contributed by atoms with Crippen LogP contribution in [0.1, 0.15) is 21.6 Å². The van der Waals surface area contributed by atoms with E-state index in [1.165, 1.54) is 30.5 Å². The van der Waals surface area contributed by atoms with Crippen molar-refractivity contribution in [2.75, 3.05) is 0 Å². The summed E-state index contributed by atoms with van der Waals surface area (Å²) in [6.07, 6.45) is 1.56. The second-order valence-corrected chi connectivity index (χ2v) is 3.76. The van der Waals surface area contributed by atoms with E-state index in [4.69, 9.17) is 5.26 Å². The molecule has 0 saturated carbocycles. The van der Waals surface area contributed by atoms with Crippen LogP contribution in [-0.2, 0) is 6.42 Å². The summed E-state index contributed by atoms with van der Waals surface area (Å²) in [5, 5.41) is 8.62. The summed E-state index contributed by atoms with van der Waals surface area (Å²) >= 11 is 0. The van der Waals surface area contributed by atoms with E-state index < -0.39 is 0 Å². The van der Waals surface area contributed by atoms with Gasteiger partial charge in [-0.15, -0.1) is 0 Å². The van der Waals surface area contributed by atoms with Gasteiger partial charge in [0.15, 0.2) is 5.78 Å². The molecule has 1 heterocycles. The van der Waals surface area contributed by atoms with Crippen LogP contribution in [0.4, 0.5) is 4.39 Å². The summed E-state index contributed by atoms with van der Waals surface area (Å²) in [5.41, 5.74) is 1.49. The van der Waals surface area contributed by atoms with E-state index in [0.717, 1.165) is 0 Å². The fraction of sp³-hybridized carbons (Fsp3) is 0.0714. The van der Waals surface area contributed by atoms with Crippen molar-refractivity contribution in [1.82, 2.24) is 4.98 Å². The molecule has 1 aromatic carbocycles. The number of ketones is 1. The molecule has 0 bridgehead atoms. The van der Waals surface area contributed by atoms with Crippen LogP contribution in [0.3, 0.4) is 0 Å². The summed E-state index contributed by atoms with van der Waals surface area (Å²) in [5.74, 6) is -0.504. The van der Waals surface area contributed by atoms with Crippen molar-refractivity contribution in [2.24, 2.45) is 0 Å². The molecule has 3 nitrogen and oxygen atoms in total. The first-order chi connectivity index (χ1) is 8.69. The first-order valence-corrected chi connectivity index (χ1v) is 5.33. The van der Waals surface area contributed by atoms with Crippen molar-refractivity contribution in [1.29, 1.82) is 5.26 Å². The highest BCUT2D eigenvalue weighted by molar-refractivity contribution is 5.97. The number of carbonyl (C=O) groups is 1. The molecule has 0 radical (unpaired) electrons. The Morgan fingerprint density at radius 3 is 2.50 bits per heavy atom. The molecule has 0 fully saturated rings. The maximum atomic E-state index is 12.7. The fourth-order valence-corrected chi connectivity index (χ4v) is 1.50. The van der Waals surface area contributed by atoms with Gasteiger partial charge in [0.1, 0.15) is 11.9 Å². The molecule has 0 aliphatic rings. The van der Waals surface area contributed by atoms with Crippen LogP contribution in [-0.4, -0.2) is 10.8 Å². The van der Waals surface area contributed by atoms with Crippen LogP contribution in [0.2, 0.25) is 0 Å². The van der Waals surface area contributed by atoms with Crippen LogP contribution < -0.4 is 0 Å². The maximum absolute atomic E-state index is 12.7. The summed E-state index contributed by atoms with van der Waals surface area (Å²) in [4.78, 5) is 15.9. The third kappa shape index (κ3) is 2.77. The predicted molar refractivity (Wildman–Crippen MR) is 63.4 cm³/mol. The zero-order valence-electron chi connectivity index (χ0n) is 9.43. The Hall–Kier alpha value is -2.54. The molecular formula is C14H9FN2O. The topological polar surface area (TPSA) is 53.8 Å². The molecule has 0 atom stereocenters. The molecule has 0 N–H and O–H groups in total. The number of nitrogens with zero attached hydrogens (tertiary/aromatic N) is 2. The van der Waals surface area contributed by atoms with E-state index in [2.05, 4.69) is 4.98 Å². The standard InChI is InChI=1S/C14H9FN2O/c15-12-4-2-11(3-5-12)14(18)7-13-6-1-10(8-16)9-17-13/h1-6,9H,7H2. The number of rotatable bonds is 3. The van der Waals surface area contributed by atoms with Gasteiger partial charge in [0.05, 0.1) is 12.0 Å². The van der Waals surface area contributed by atoms with Gasteiger partial charge in [-0.25, -0.2) is 4.39 Å². The molecule has 2 rings (SSSR count). The van der Waals surface area contributed by atoms with Crippen LogP contribution in [0, 0.1) is 17.1 Å². The molecular weight excluding hydrogens is 231 g/mol. The first kappa shape index (κ1) is 11.9. The molecule has 0 unspecified atom stereocenters. The second-order valence-electron chi connectivity index (χ2n) is 3.76. The second kappa shape index (κ2) is 5.19. The van der Waals surface area contributed by atoms with Gasteiger partial charge >= 0.3 is 0 Å². The van der Waals surface area contributed by atoms with Crippen molar-refractivity contribution in [3.8, 4) is 6.07 Å². The Morgan fingerprint density at radius 1 is 1.22 bits per heavy atom. The van der Waals surface area contributed by atoms with Crippen LogP contribution in [0.15, 0.2) is 42.6 Å². The Balaban J connectivity index is 2.11. The quantitative estimate of drug-likeness (QED) is 0.774. The molecule has 0 amide bonds. The van der Waals surface area contributed by atoms with Crippen molar-refractivity contribution in [3.05, 3.63) is 65.2 Å². The lowest BCUT2D eigenvalue weighted by molar-refractivity contribution is 0.0992. The number of hydrogen-bond acceptors (Lipinski definition) is 3. The lowest BCUT2D eigenvalue weighted by Gasteiger charge is -2.01. The van der Waals surface area contributed by atoms with Crippen molar-refractivity contribution < 1.29 is 9.18 Å². The monoisotopic (exact) mass is 240 g/mol. The number of aromatic nitrogens is 1. The number of benzene rings is 1. The Labute approximate surface area is 104 Å². The molecule has 0 aliphatic heterocycles. The highest BCUT2D eigenvalue weighted by Gasteiger charge is 2.08. The van der Waals surface area contributed by atoms with Gasteiger partial charge in [-0.2, -0.15) is 5.26 Å². The van der Waals surface area contributed by atoms with Gasteiger partial charge in [-0.05, 0) is 36.4 Å². The van der Waals surface area contributed by atoms with E-state index in [0.29, 0.717) is 16.8 Å². The third-order valence-electron chi connectivity index (χ3n) is 2.46. The largest absolute Gasteiger partial charge is 0.294 e. The lowest BCUT2D eigenvalue weighted by Crippen LogP contribution is -2.05. The zero-order valence-corrected chi connectivity index (χ0v) is 9.43. The minimum Gasteiger partial charge on any atom is -0.294 e. The van der Waals surface area contributed by atoms with Crippen molar-refractivity contribution in [3.63, 3.8) is 0 Å². The lowest BCUT2D eigenvalue weighted by atomic mass is 10.1. The summed E-state index contributed by atoms with van der Waals surface area (Å²) in [7, 11) is 0. The average Bonchev–Trinajstić information content (AvgIpc) is 2.40. The van der Waals surface area contributed by atoms with Crippen LogP contribution in [0.5, 0.6) is 0 Å². The van der Waals surface area contributed by atoms with E-state index >= 15 is 0 Å². The predicted octanol–water partition coefficient (Wildman–Crippen LogP) is 2.52. The van der Waals surface area contributed by atoms with Gasteiger partial charge in [0.2, 0.25) is 0 Å². The number of Topliss-reactive ketones (excluding diaryl/α,β-unsaturated/α-hetero) is 1. The third-order valence-corrected chi connectivity index (χ3v) is 2.46. The van der Waals surface area contributed by atoms with Gasteiger partial charge in [0.25, 0.3) is 0 Å². The average molecular weight is 240 g/mol. The minimum absolute atomic E-state index is 0.132. The summed E-state index contributed by atoms with van der Waals surface area (Å²) in [6.45, 7) is 0. The van der Waals surface area contributed by atoms with Gasteiger partial charge < -0.3 is 0 Å². The number of pyridine rings is 1. The molecule has 88 valence electrons.